The van der Waals surface area contributed by atoms with Crippen LogP contribution in [0.25, 0.3) is 0 Å². The Balaban J connectivity index is 1.49. The van der Waals surface area contributed by atoms with E-state index in [0.29, 0.717) is 12.0 Å². The molecule has 240 valence electrons. The number of aliphatic hydroxyl groups is 1. The van der Waals surface area contributed by atoms with Gasteiger partial charge in [0.15, 0.2) is 6.10 Å². The van der Waals surface area contributed by atoms with Gasteiger partial charge in [0.25, 0.3) is 0 Å². The molecule has 2 aliphatic heterocycles. The van der Waals surface area contributed by atoms with Gasteiger partial charge in [-0.05, 0) is 32.3 Å². The summed E-state index contributed by atoms with van der Waals surface area (Å²) in [7, 11) is 1.44. The maximum absolute atomic E-state index is 13.5. The van der Waals surface area contributed by atoms with Gasteiger partial charge in [0, 0.05) is 49.2 Å². The lowest BCUT2D eigenvalue weighted by Crippen LogP contribution is -2.57. The largest absolute Gasteiger partial charge is 0.457 e. The molecule has 1 saturated heterocycles. The van der Waals surface area contributed by atoms with E-state index in [1.54, 1.807) is 13.0 Å². The summed E-state index contributed by atoms with van der Waals surface area (Å²) >= 11 is 0. The summed E-state index contributed by atoms with van der Waals surface area (Å²) in [5, 5.41) is 14.3. The van der Waals surface area contributed by atoms with Crippen molar-refractivity contribution in [2.24, 2.45) is 29.6 Å². The molecule has 44 heavy (non-hydrogen) atoms. The molecular formula is C33H43NO10. The number of amides is 1. The van der Waals surface area contributed by atoms with E-state index in [4.69, 9.17) is 23.7 Å². The zero-order chi connectivity index (χ0) is 31.9. The Kier molecular flexibility index (Phi) is 9.21. The second-order valence-corrected chi connectivity index (χ2v) is 12.7. The fourth-order valence-corrected chi connectivity index (χ4v) is 7.80. The van der Waals surface area contributed by atoms with Crippen LogP contribution in [0.1, 0.15) is 47.5 Å². The van der Waals surface area contributed by atoms with E-state index in [0.717, 1.165) is 5.57 Å². The predicted molar refractivity (Wildman–Crippen MR) is 157 cm³/mol. The summed E-state index contributed by atoms with van der Waals surface area (Å²) in [5.74, 6) is -3.81. The number of nitrogens with one attached hydrogen (secondary N) is 1. The van der Waals surface area contributed by atoms with Crippen LogP contribution in [0.15, 0.2) is 47.6 Å². The lowest BCUT2D eigenvalue weighted by Gasteiger charge is -2.49. The van der Waals surface area contributed by atoms with E-state index in [-0.39, 0.29) is 36.6 Å². The van der Waals surface area contributed by atoms with Crippen LogP contribution in [0.3, 0.4) is 0 Å². The average molecular weight is 614 g/mol. The second-order valence-electron chi connectivity index (χ2n) is 12.7. The molecule has 5 aliphatic rings. The number of hydrogen-bond donors (Lipinski definition) is 2. The molecule has 1 spiro atoms. The van der Waals surface area contributed by atoms with E-state index in [1.165, 1.54) is 14.0 Å². The summed E-state index contributed by atoms with van der Waals surface area (Å²) in [6.45, 7) is 8.31. The molecule has 2 N–H and O–H groups in total. The monoisotopic (exact) mass is 613 g/mol. The molecule has 3 aliphatic carbocycles. The van der Waals surface area contributed by atoms with E-state index in [2.05, 4.69) is 5.32 Å². The molecule has 11 heteroatoms. The molecule has 4 bridgehead atoms. The molecule has 2 heterocycles. The van der Waals surface area contributed by atoms with E-state index >= 15 is 0 Å². The minimum Gasteiger partial charge on any atom is -0.457 e. The van der Waals surface area contributed by atoms with Crippen molar-refractivity contribution in [2.45, 2.75) is 89.7 Å². The van der Waals surface area contributed by atoms with Gasteiger partial charge in [0.1, 0.15) is 36.6 Å². The zero-order valence-electron chi connectivity index (χ0n) is 26.1. The Morgan fingerprint density at radius 2 is 1.98 bits per heavy atom. The van der Waals surface area contributed by atoms with E-state index in [1.807, 2.05) is 51.2 Å². The van der Waals surface area contributed by atoms with Crippen molar-refractivity contribution in [2.75, 3.05) is 13.7 Å². The Morgan fingerprint density at radius 1 is 1.23 bits per heavy atom. The molecule has 11 nitrogen and oxygen atoms in total. The highest BCUT2D eigenvalue weighted by molar-refractivity contribution is 5.90. The molecule has 5 rings (SSSR count). The van der Waals surface area contributed by atoms with Crippen LogP contribution in [0, 0.1) is 29.6 Å². The first kappa shape index (κ1) is 32.1. The van der Waals surface area contributed by atoms with E-state index in [9.17, 15) is 24.3 Å². The number of methoxy groups -OCH3 is 1. The predicted octanol–water partition coefficient (Wildman–Crippen LogP) is 2.33. The van der Waals surface area contributed by atoms with Gasteiger partial charge >= 0.3 is 17.9 Å². The number of ether oxygens (including phenoxy) is 5. The van der Waals surface area contributed by atoms with E-state index < -0.39 is 72.0 Å². The Morgan fingerprint density at radius 3 is 2.64 bits per heavy atom. The topological polar surface area (TPSA) is 147 Å². The number of allylic oxidation sites excluding steroid dienone is 3. The van der Waals surface area contributed by atoms with Gasteiger partial charge in [-0.15, -0.1) is 0 Å². The molecule has 12 atom stereocenters. The van der Waals surface area contributed by atoms with Gasteiger partial charge in [-0.2, -0.15) is 0 Å². The number of cyclic esters (lactones) is 1. The quantitative estimate of drug-likeness (QED) is 0.249. The maximum atomic E-state index is 13.5. The zero-order valence-corrected chi connectivity index (χ0v) is 26.1. The summed E-state index contributed by atoms with van der Waals surface area (Å²) < 4.78 is 30.2. The van der Waals surface area contributed by atoms with Gasteiger partial charge in [0.05, 0.1) is 6.10 Å². The van der Waals surface area contributed by atoms with Crippen molar-refractivity contribution < 1.29 is 48.0 Å². The number of aliphatic hydroxyl groups excluding tert-OH is 1. The third-order valence-corrected chi connectivity index (χ3v) is 9.94. The summed E-state index contributed by atoms with van der Waals surface area (Å²) in [5.41, 5.74) is 0.391. The van der Waals surface area contributed by atoms with Crippen LogP contribution in [0.2, 0.25) is 0 Å². The first-order valence-electron chi connectivity index (χ1n) is 15.4. The molecule has 0 aromatic rings. The summed E-state index contributed by atoms with van der Waals surface area (Å²) in [6, 6.07) is 0. The maximum Gasteiger partial charge on any atom is 0.335 e. The highest BCUT2D eigenvalue weighted by Crippen LogP contribution is 2.61. The fraction of sp³-hybridized carbons (Fsp3) is 0.636. The number of carbonyl (C=O) groups excluding carboxylic acids is 4. The van der Waals surface area contributed by atoms with Crippen molar-refractivity contribution in [3.05, 3.63) is 47.6 Å². The third-order valence-electron chi connectivity index (χ3n) is 9.94. The van der Waals surface area contributed by atoms with Gasteiger partial charge in [-0.1, -0.05) is 50.3 Å². The minimum atomic E-state index is -1.01. The van der Waals surface area contributed by atoms with Crippen molar-refractivity contribution in [3.8, 4) is 0 Å². The van der Waals surface area contributed by atoms with Crippen molar-refractivity contribution in [1.82, 2.24) is 5.32 Å². The van der Waals surface area contributed by atoms with Gasteiger partial charge in [0.2, 0.25) is 5.91 Å². The first-order chi connectivity index (χ1) is 20.9. The second kappa shape index (κ2) is 12.6. The van der Waals surface area contributed by atoms with Crippen molar-refractivity contribution >= 4 is 23.8 Å². The molecular weight excluding hydrogens is 570 g/mol. The van der Waals surface area contributed by atoms with Crippen LogP contribution in [0.4, 0.5) is 0 Å². The third kappa shape index (κ3) is 5.65. The fourth-order valence-electron chi connectivity index (χ4n) is 7.80. The smallest absolute Gasteiger partial charge is 0.335 e. The van der Waals surface area contributed by atoms with Gasteiger partial charge in [-0.3, -0.25) is 9.59 Å². The number of hydrogen-bond acceptors (Lipinski definition) is 10. The average Bonchev–Trinajstić information content (AvgIpc) is 3.58. The molecule has 1 saturated carbocycles. The van der Waals surface area contributed by atoms with Crippen LogP contribution < -0.4 is 5.32 Å². The molecule has 2 fully saturated rings. The lowest BCUT2D eigenvalue weighted by atomic mass is 9.57. The molecule has 1 amide bonds. The Labute approximate surface area is 257 Å². The van der Waals surface area contributed by atoms with Crippen LogP contribution in [0.5, 0.6) is 0 Å². The van der Waals surface area contributed by atoms with Gasteiger partial charge in [-0.25, -0.2) is 9.59 Å². The molecule has 0 radical (unpaired) electrons. The number of carbonyl (C=O) groups is 4. The van der Waals surface area contributed by atoms with Crippen molar-refractivity contribution in [1.29, 1.82) is 0 Å². The highest BCUT2D eigenvalue weighted by Gasteiger charge is 2.69. The Hall–Kier alpha value is -3.28. The lowest BCUT2D eigenvalue weighted by molar-refractivity contribution is -0.179. The van der Waals surface area contributed by atoms with Gasteiger partial charge < -0.3 is 34.1 Å². The van der Waals surface area contributed by atoms with Crippen LogP contribution in [-0.2, 0) is 42.9 Å². The minimum absolute atomic E-state index is 0.217. The molecule has 0 aromatic carbocycles. The number of esters is 3. The summed E-state index contributed by atoms with van der Waals surface area (Å²) in [4.78, 5) is 50.2. The summed E-state index contributed by atoms with van der Waals surface area (Å²) in [6.07, 6.45) is 7.46. The normalized spacial score (nSPS) is 40.9. The standard InChI is InChI=1S/C33H43NO10/c1-16-13-17(2)33-22(14-24(40-6)32(39)42-28(16)19(4)41-25(36)15-34-20(5)35)11-12-23-26(33)27(37)18(3)29(30(23)44-33)43-31(38)21-9-7-8-10-21/h7-9,11-13,16,18-19,22-24,26-30,37H,10,14-15H2,1-6H3,(H,34,35)/b17-13+/t16-,18-,19-,22-,23-,24+,26+,27-,28+,29-,30-,33+/m1/s1. The molecule has 0 aromatic heterocycles. The molecule has 0 unspecified atom stereocenters. The SMILES string of the molecule is CO[C@H]1C[C@H]2C=C[C@H]3[C@H]4O[C@]2(/C(C)=C/[C@@H](C)[C@@H]([C@@H](C)OC(=O)CNC(C)=O)OC1=O)[C@@H]3[C@H](O)[C@@H](C)[C@H]4OC(=O)C1=CC=CC1. The van der Waals surface area contributed by atoms with Crippen LogP contribution in [-0.4, -0.2) is 84.8 Å². The Bertz CT molecular complexity index is 1300. The first-order valence-corrected chi connectivity index (χ1v) is 15.4. The van der Waals surface area contributed by atoms with Crippen molar-refractivity contribution in [3.63, 3.8) is 0 Å². The highest BCUT2D eigenvalue weighted by atomic mass is 16.6. The van der Waals surface area contributed by atoms with Crippen LogP contribution >= 0.6 is 0 Å². The number of rotatable bonds is 7.